The largest absolute Gasteiger partial charge is 0.335 e. The SMILES string of the molecule is Cc1ccc(CN2CCN(C(=O)c3cc4c(C)nn(-c5ccc(Br)cc5)c4s3)CC2)cc1. The zero-order valence-electron chi connectivity index (χ0n) is 18.2. The second kappa shape index (κ2) is 8.81. The van der Waals surface area contributed by atoms with Gasteiger partial charge in [0.15, 0.2) is 0 Å². The number of fused-ring (bicyclic) bond motifs is 1. The summed E-state index contributed by atoms with van der Waals surface area (Å²) in [5.41, 5.74) is 4.55. The monoisotopic (exact) mass is 508 g/mol. The van der Waals surface area contributed by atoms with Gasteiger partial charge in [-0.1, -0.05) is 45.8 Å². The van der Waals surface area contributed by atoms with E-state index in [9.17, 15) is 4.79 Å². The first-order valence-corrected chi connectivity index (χ1v) is 12.4. The van der Waals surface area contributed by atoms with E-state index >= 15 is 0 Å². The van der Waals surface area contributed by atoms with Crippen molar-refractivity contribution in [3.63, 3.8) is 0 Å². The molecule has 0 bridgehead atoms. The number of carbonyl (C=O) groups is 1. The van der Waals surface area contributed by atoms with Gasteiger partial charge < -0.3 is 4.90 Å². The molecule has 0 N–H and O–H groups in total. The van der Waals surface area contributed by atoms with Crippen molar-refractivity contribution in [3.05, 3.63) is 80.8 Å². The molecule has 5 nitrogen and oxygen atoms in total. The molecule has 164 valence electrons. The van der Waals surface area contributed by atoms with E-state index in [1.807, 2.05) is 46.8 Å². The van der Waals surface area contributed by atoms with Crippen LogP contribution in [0.2, 0.25) is 0 Å². The van der Waals surface area contributed by atoms with Gasteiger partial charge in [-0.25, -0.2) is 4.68 Å². The molecule has 2 aromatic heterocycles. The normalized spacial score (nSPS) is 14.9. The summed E-state index contributed by atoms with van der Waals surface area (Å²) in [6.45, 7) is 8.37. The van der Waals surface area contributed by atoms with Crippen molar-refractivity contribution >= 4 is 43.4 Å². The lowest BCUT2D eigenvalue weighted by molar-refractivity contribution is 0.0633. The summed E-state index contributed by atoms with van der Waals surface area (Å²) < 4.78 is 2.97. The molecule has 1 aliphatic rings. The summed E-state index contributed by atoms with van der Waals surface area (Å²) in [4.78, 5) is 19.5. The number of hydrogen-bond donors (Lipinski definition) is 0. The molecule has 0 saturated carbocycles. The van der Waals surface area contributed by atoms with E-state index in [-0.39, 0.29) is 5.91 Å². The highest BCUT2D eigenvalue weighted by molar-refractivity contribution is 9.10. The minimum Gasteiger partial charge on any atom is -0.335 e. The van der Waals surface area contributed by atoms with Crippen LogP contribution in [0.15, 0.2) is 59.1 Å². The number of thiophene rings is 1. The lowest BCUT2D eigenvalue weighted by Crippen LogP contribution is -2.48. The zero-order valence-corrected chi connectivity index (χ0v) is 20.6. The standard InChI is InChI=1S/C25H25BrN4OS/c1-17-3-5-19(6-4-17)16-28-11-13-29(14-12-28)24(31)23-15-22-18(2)27-30(25(22)32-23)21-9-7-20(26)8-10-21/h3-10,15H,11-14,16H2,1-2H3. The first-order chi connectivity index (χ1) is 15.5. The molecular formula is C25H25BrN4OS. The first-order valence-electron chi connectivity index (χ1n) is 10.8. The van der Waals surface area contributed by atoms with Crippen molar-refractivity contribution in [3.8, 4) is 5.69 Å². The molecule has 1 saturated heterocycles. The summed E-state index contributed by atoms with van der Waals surface area (Å²) in [6.07, 6.45) is 0. The Morgan fingerprint density at radius 1 is 1.00 bits per heavy atom. The number of piperazine rings is 1. The molecule has 4 aromatic rings. The maximum Gasteiger partial charge on any atom is 0.264 e. The van der Waals surface area contributed by atoms with Crippen molar-refractivity contribution in [2.75, 3.05) is 26.2 Å². The summed E-state index contributed by atoms with van der Waals surface area (Å²) >= 11 is 5.02. The Morgan fingerprint density at radius 2 is 1.69 bits per heavy atom. The highest BCUT2D eigenvalue weighted by atomic mass is 79.9. The molecule has 0 atom stereocenters. The molecule has 0 spiro atoms. The van der Waals surface area contributed by atoms with Crippen LogP contribution in [-0.2, 0) is 6.54 Å². The van der Waals surface area contributed by atoms with Crippen LogP contribution < -0.4 is 0 Å². The Balaban J connectivity index is 1.29. The number of rotatable bonds is 4. The van der Waals surface area contributed by atoms with Gasteiger partial charge in [0.25, 0.3) is 5.91 Å². The minimum atomic E-state index is 0.128. The maximum atomic E-state index is 13.3. The summed E-state index contributed by atoms with van der Waals surface area (Å²) in [7, 11) is 0. The third kappa shape index (κ3) is 4.25. The van der Waals surface area contributed by atoms with Gasteiger partial charge in [-0.15, -0.1) is 11.3 Å². The lowest BCUT2D eigenvalue weighted by Gasteiger charge is -2.34. The van der Waals surface area contributed by atoms with Gasteiger partial charge in [0.2, 0.25) is 0 Å². The highest BCUT2D eigenvalue weighted by Crippen LogP contribution is 2.31. The van der Waals surface area contributed by atoms with Crippen molar-refractivity contribution in [2.24, 2.45) is 0 Å². The predicted octanol–water partition coefficient (Wildman–Crippen LogP) is 5.42. The van der Waals surface area contributed by atoms with Crippen molar-refractivity contribution in [2.45, 2.75) is 20.4 Å². The van der Waals surface area contributed by atoms with Crippen LogP contribution in [0.3, 0.4) is 0 Å². The van der Waals surface area contributed by atoms with Crippen molar-refractivity contribution in [1.82, 2.24) is 19.6 Å². The van der Waals surface area contributed by atoms with E-state index in [1.165, 1.54) is 22.5 Å². The third-order valence-electron chi connectivity index (χ3n) is 6.01. The average molecular weight is 509 g/mol. The highest BCUT2D eigenvalue weighted by Gasteiger charge is 2.25. The van der Waals surface area contributed by atoms with Crippen LogP contribution in [0.5, 0.6) is 0 Å². The van der Waals surface area contributed by atoms with E-state index < -0.39 is 0 Å². The second-order valence-corrected chi connectivity index (χ2v) is 10.3. The fourth-order valence-corrected chi connectivity index (χ4v) is 5.54. The molecule has 1 fully saturated rings. The molecule has 1 amide bonds. The summed E-state index contributed by atoms with van der Waals surface area (Å²) in [5.74, 6) is 0.128. The quantitative estimate of drug-likeness (QED) is 0.369. The molecule has 32 heavy (non-hydrogen) atoms. The average Bonchev–Trinajstić information content (AvgIpc) is 3.37. The number of benzene rings is 2. The van der Waals surface area contributed by atoms with E-state index in [1.54, 1.807) is 0 Å². The zero-order chi connectivity index (χ0) is 22.2. The number of nitrogens with zero attached hydrogens (tertiary/aromatic N) is 4. The van der Waals surface area contributed by atoms with Gasteiger partial charge in [0.05, 0.1) is 16.3 Å². The van der Waals surface area contributed by atoms with Crippen LogP contribution in [0, 0.1) is 13.8 Å². The Bertz CT molecular complexity index is 1250. The molecule has 1 aliphatic heterocycles. The minimum absolute atomic E-state index is 0.128. The smallest absolute Gasteiger partial charge is 0.264 e. The van der Waals surface area contributed by atoms with Crippen molar-refractivity contribution < 1.29 is 4.79 Å². The predicted molar refractivity (Wildman–Crippen MR) is 134 cm³/mol. The van der Waals surface area contributed by atoms with Gasteiger partial charge in [-0.3, -0.25) is 9.69 Å². The second-order valence-electron chi connectivity index (χ2n) is 8.36. The molecule has 5 rings (SSSR count). The van der Waals surface area contributed by atoms with E-state index in [0.717, 1.165) is 63.7 Å². The summed E-state index contributed by atoms with van der Waals surface area (Å²) in [5, 5.41) is 5.75. The number of aromatic nitrogens is 2. The Morgan fingerprint density at radius 3 is 2.38 bits per heavy atom. The van der Waals surface area contributed by atoms with Gasteiger partial charge in [0, 0.05) is 42.6 Å². The van der Waals surface area contributed by atoms with Crippen LogP contribution in [0.25, 0.3) is 15.9 Å². The van der Waals surface area contributed by atoms with Crippen LogP contribution in [0.4, 0.5) is 0 Å². The fourth-order valence-electron chi connectivity index (χ4n) is 4.13. The van der Waals surface area contributed by atoms with E-state index in [0.29, 0.717) is 0 Å². The van der Waals surface area contributed by atoms with Crippen LogP contribution >= 0.6 is 27.3 Å². The molecular weight excluding hydrogens is 484 g/mol. The Kier molecular flexibility index (Phi) is 5.88. The molecule has 3 heterocycles. The lowest BCUT2D eigenvalue weighted by atomic mass is 10.1. The number of carbonyl (C=O) groups excluding carboxylic acids is 1. The van der Waals surface area contributed by atoms with Crippen molar-refractivity contribution in [1.29, 1.82) is 0 Å². The van der Waals surface area contributed by atoms with Gasteiger partial charge >= 0.3 is 0 Å². The molecule has 0 radical (unpaired) electrons. The van der Waals surface area contributed by atoms with Crippen LogP contribution in [0.1, 0.15) is 26.5 Å². The molecule has 2 aromatic carbocycles. The van der Waals surface area contributed by atoms with E-state index in [4.69, 9.17) is 5.10 Å². The summed E-state index contributed by atoms with van der Waals surface area (Å²) in [6, 6.07) is 18.8. The first kappa shape index (κ1) is 21.4. The topological polar surface area (TPSA) is 41.4 Å². The van der Waals surface area contributed by atoms with Crippen LogP contribution in [-0.4, -0.2) is 51.7 Å². The maximum absolute atomic E-state index is 13.3. The Hall–Kier alpha value is -2.48. The van der Waals surface area contributed by atoms with Gasteiger partial charge in [-0.2, -0.15) is 5.10 Å². The van der Waals surface area contributed by atoms with E-state index in [2.05, 4.69) is 52.0 Å². The Labute approximate surface area is 200 Å². The fraction of sp³-hybridized carbons (Fsp3) is 0.280. The number of hydrogen-bond acceptors (Lipinski definition) is 4. The number of amides is 1. The molecule has 7 heteroatoms. The molecule has 0 unspecified atom stereocenters. The number of aryl methyl sites for hydroxylation is 2. The van der Waals surface area contributed by atoms with Gasteiger partial charge in [-0.05, 0) is 49.7 Å². The molecule has 0 aliphatic carbocycles. The van der Waals surface area contributed by atoms with Gasteiger partial charge in [0.1, 0.15) is 4.83 Å². The number of halogens is 1. The third-order valence-corrected chi connectivity index (χ3v) is 7.64.